The maximum Gasteiger partial charge on any atom is 0.311 e. The molecule has 7 heteroatoms. The molecule has 0 saturated carbocycles. The van der Waals surface area contributed by atoms with Gasteiger partial charge in [0.1, 0.15) is 23.0 Å². The van der Waals surface area contributed by atoms with Gasteiger partial charge in [0.05, 0.1) is 19.8 Å². The molecule has 0 aliphatic carbocycles. The SMILES string of the molecule is COc1ccc(OC)c(/C=C2\Oc3cc(OC(=O)CCCCl)ccc3C2=O)c1. The second kappa shape index (κ2) is 8.80. The van der Waals surface area contributed by atoms with E-state index in [0.717, 1.165) is 0 Å². The molecule has 0 saturated heterocycles. The lowest BCUT2D eigenvalue weighted by Crippen LogP contribution is -2.07. The summed E-state index contributed by atoms with van der Waals surface area (Å²) in [4.78, 5) is 24.4. The summed E-state index contributed by atoms with van der Waals surface area (Å²) in [5.41, 5.74) is 1.04. The predicted octanol–water partition coefficient (Wildman–Crippen LogP) is 4.24. The third-order valence-corrected chi connectivity index (χ3v) is 4.38. The summed E-state index contributed by atoms with van der Waals surface area (Å²) in [7, 11) is 3.10. The minimum absolute atomic E-state index is 0.146. The van der Waals surface area contributed by atoms with Gasteiger partial charge in [-0.15, -0.1) is 11.6 Å². The molecule has 1 aliphatic rings. The number of hydrogen-bond donors (Lipinski definition) is 0. The molecule has 2 aromatic rings. The fraction of sp³-hybridized carbons (Fsp3) is 0.238. The van der Waals surface area contributed by atoms with Gasteiger partial charge in [-0.2, -0.15) is 0 Å². The topological polar surface area (TPSA) is 71.1 Å². The second-order valence-electron chi connectivity index (χ2n) is 5.97. The van der Waals surface area contributed by atoms with Gasteiger partial charge in [-0.05, 0) is 42.8 Å². The molecule has 0 fully saturated rings. The normalized spacial score (nSPS) is 13.8. The van der Waals surface area contributed by atoms with Crippen LogP contribution in [0.1, 0.15) is 28.8 Å². The van der Waals surface area contributed by atoms with Crippen molar-refractivity contribution in [2.24, 2.45) is 0 Å². The van der Waals surface area contributed by atoms with E-state index in [4.69, 9.17) is 30.5 Å². The van der Waals surface area contributed by atoms with E-state index in [1.165, 1.54) is 6.07 Å². The zero-order valence-corrected chi connectivity index (χ0v) is 16.2. The maximum atomic E-state index is 12.6. The van der Waals surface area contributed by atoms with Crippen molar-refractivity contribution in [2.75, 3.05) is 20.1 Å². The van der Waals surface area contributed by atoms with Crippen LogP contribution in [-0.4, -0.2) is 31.9 Å². The highest BCUT2D eigenvalue weighted by Gasteiger charge is 2.28. The Balaban J connectivity index is 1.84. The first kappa shape index (κ1) is 19.8. The highest BCUT2D eigenvalue weighted by molar-refractivity contribution is 6.18. The van der Waals surface area contributed by atoms with Crippen LogP contribution in [0.25, 0.3) is 6.08 Å². The standard InChI is InChI=1S/C21H19ClO6/c1-25-14-6-8-17(26-2)13(10-14)11-19-21(24)16-7-5-15(12-18(16)28-19)27-20(23)4-3-9-22/h5-8,10-12H,3-4,9H2,1-2H3/b19-11-. The van der Waals surface area contributed by atoms with E-state index in [2.05, 4.69) is 0 Å². The van der Waals surface area contributed by atoms with Crippen LogP contribution in [0.3, 0.4) is 0 Å². The number of hydrogen-bond acceptors (Lipinski definition) is 6. The molecule has 28 heavy (non-hydrogen) atoms. The van der Waals surface area contributed by atoms with Crippen LogP contribution in [0.15, 0.2) is 42.2 Å². The van der Waals surface area contributed by atoms with Gasteiger partial charge in [-0.25, -0.2) is 0 Å². The number of ketones is 1. The number of carbonyl (C=O) groups is 2. The molecule has 0 unspecified atom stereocenters. The lowest BCUT2D eigenvalue weighted by molar-refractivity contribution is -0.134. The van der Waals surface area contributed by atoms with Crippen LogP contribution >= 0.6 is 11.6 Å². The number of halogens is 1. The van der Waals surface area contributed by atoms with Crippen molar-refractivity contribution in [1.82, 2.24) is 0 Å². The molecule has 0 amide bonds. The smallest absolute Gasteiger partial charge is 0.311 e. The summed E-state index contributed by atoms with van der Waals surface area (Å²) in [5, 5.41) is 0. The Labute approximate surface area is 167 Å². The molecule has 0 atom stereocenters. The van der Waals surface area contributed by atoms with Crippen LogP contribution in [0.5, 0.6) is 23.0 Å². The molecule has 3 rings (SSSR count). The van der Waals surface area contributed by atoms with Crippen LogP contribution < -0.4 is 18.9 Å². The zero-order valence-electron chi connectivity index (χ0n) is 15.5. The van der Waals surface area contributed by atoms with Gasteiger partial charge in [0, 0.05) is 23.9 Å². The van der Waals surface area contributed by atoms with Crippen molar-refractivity contribution in [1.29, 1.82) is 0 Å². The van der Waals surface area contributed by atoms with Crippen LogP contribution in [-0.2, 0) is 4.79 Å². The summed E-state index contributed by atoms with van der Waals surface area (Å²) in [6, 6.07) is 9.91. The number of rotatable bonds is 7. The van der Waals surface area contributed by atoms with E-state index in [0.29, 0.717) is 46.4 Å². The molecule has 1 aliphatic heterocycles. The van der Waals surface area contributed by atoms with E-state index in [1.54, 1.807) is 50.6 Å². The molecule has 0 N–H and O–H groups in total. The lowest BCUT2D eigenvalue weighted by atomic mass is 10.1. The minimum atomic E-state index is -0.387. The van der Waals surface area contributed by atoms with Gasteiger partial charge in [0.15, 0.2) is 5.76 Å². The summed E-state index contributed by atoms with van der Waals surface area (Å²) < 4.78 is 21.5. The van der Waals surface area contributed by atoms with Gasteiger partial charge in [0.25, 0.3) is 0 Å². The monoisotopic (exact) mass is 402 g/mol. The highest BCUT2D eigenvalue weighted by atomic mass is 35.5. The zero-order chi connectivity index (χ0) is 20.1. The highest BCUT2D eigenvalue weighted by Crippen LogP contribution is 2.36. The molecular weight excluding hydrogens is 384 g/mol. The van der Waals surface area contributed by atoms with Gasteiger partial charge in [0.2, 0.25) is 5.78 Å². The van der Waals surface area contributed by atoms with E-state index >= 15 is 0 Å². The first-order valence-electron chi connectivity index (χ1n) is 8.62. The first-order chi connectivity index (χ1) is 13.5. The van der Waals surface area contributed by atoms with Gasteiger partial charge in [-0.1, -0.05) is 0 Å². The Morgan fingerprint density at radius 3 is 2.61 bits per heavy atom. The van der Waals surface area contributed by atoms with E-state index in [9.17, 15) is 9.59 Å². The van der Waals surface area contributed by atoms with Crippen molar-refractivity contribution >= 4 is 29.4 Å². The number of alkyl halides is 1. The number of ether oxygens (including phenoxy) is 4. The van der Waals surface area contributed by atoms with Crippen molar-refractivity contribution in [3.63, 3.8) is 0 Å². The van der Waals surface area contributed by atoms with Crippen LogP contribution in [0, 0.1) is 0 Å². The Kier molecular flexibility index (Phi) is 6.21. The molecule has 6 nitrogen and oxygen atoms in total. The van der Waals surface area contributed by atoms with Gasteiger partial charge in [-0.3, -0.25) is 9.59 Å². The minimum Gasteiger partial charge on any atom is -0.497 e. The van der Waals surface area contributed by atoms with E-state index < -0.39 is 0 Å². The molecule has 0 bridgehead atoms. The molecule has 0 aromatic heterocycles. The third-order valence-electron chi connectivity index (χ3n) is 4.11. The second-order valence-corrected chi connectivity index (χ2v) is 6.35. The lowest BCUT2D eigenvalue weighted by Gasteiger charge is -2.08. The third kappa shape index (κ3) is 4.28. The molecule has 0 spiro atoms. The van der Waals surface area contributed by atoms with Crippen molar-refractivity contribution in [2.45, 2.75) is 12.8 Å². The molecule has 2 aromatic carbocycles. The fourth-order valence-electron chi connectivity index (χ4n) is 2.72. The molecule has 146 valence electrons. The van der Waals surface area contributed by atoms with E-state index in [1.807, 2.05) is 0 Å². The largest absolute Gasteiger partial charge is 0.497 e. The fourth-order valence-corrected chi connectivity index (χ4v) is 2.85. The number of allylic oxidation sites excluding steroid dienone is 1. The predicted molar refractivity (Wildman–Crippen MR) is 105 cm³/mol. The van der Waals surface area contributed by atoms with Crippen molar-refractivity contribution in [3.8, 4) is 23.0 Å². The number of esters is 1. The van der Waals surface area contributed by atoms with E-state index in [-0.39, 0.29) is 23.9 Å². The van der Waals surface area contributed by atoms with Crippen LogP contribution in [0.2, 0.25) is 0 Å². The number of methoxy groups -OCH3 is 2. The van der Waals surface area contributed by atoms with Gasteiger partial charge >= 0.3 is 5.97 Å². The Bertz CT molecular complexity index is 934. The Morgan fingerprint density at radius 2 is 1.89 bits per heavy atom. The van der Waals surface area contributed by atoms with Gasteiger partial charge < -0.3 is 18.9 Å². The van der Waals surface area contributed by atoms with Crippen molar-refractivity contribution < 1.29 is 28.5 Å². The number of benzene rings is 2. The summed E-state index contributed by atoms with van der Waals surface area (Å²) in [5.74, 6) is 1.73. The quantitative estimate of drug-likeness (QED) is 0.298. The summed E-state index contributed by atoms with van der Waals surface area (Å²) >= 11 is 5.58. The maximum absolute atomic E-state index is 12.6. The summed E-state index contributed by atoms with van der Waals surface area (Å²) in [6.45, 7) is 0. The molecule has 0 radical (unpaired) electrons. The Morgan fingerprint density at radius 1 is 1.11 bits per heavy atom. The van der Waals surface area contributed by atoms with Crippen molar-refractivity contribution in [3.05, 3.63) is 53.3 Å². The average molecular weight is 403 g/mol. The first-order valence-corrected chi connectivity index (χ1v) is 9.16. The number of fused-ring (bicyclic) bond motifs is 1. The Hall–Kier alpha value is -2.99. The van der Waals surface area contributed by atoms with Crippen LogP contribution in [0.4, 0.5) is 0 Å². The average Bonchev–Trinajstić information content (AvgIpc) is 3.01. The number of carbonyl (C=O) groups excluding carboxylic acids is 2. The summed E-state index contributed by atoms with van der Waals surface area (Å²) in [6.07, 6.45) is 2.35. The molecule has 1 heterocycles. The number of Topliss-reactive ketones (excluding diaryl/α,β-unsaturated/α-hetero) is 1. The molecular formula is C21H19ClO6.